The summed E-state index contributed by atoms with van der Waals surface area (Å²) in [7, 11) is 2.06. The van der Waals surface area contributed by atoms with E-state index >= 15 is 0 Å². The summed E-state index contributed by atoms with van der Waals surface area (Å²) in [6.45, 7) is 1.49. The Morgan fingerprint density at radius 3 is 2.62 bits per heavy atom. The van der Waals surface area contributed by atoms with Gasteiger partial charge in [0.15, 0.2) is 0 Å². The van der Waals surface area contributed by atoms with E-state index < -0.39 is 0 Å². The van der Waals surface area contributed by atoms with E-state index in [1.165, 1.54) is 5.56 Å². The molecule has 0 N–H and O–H groups in total. The molecular weight excluding hydrogens is 186 g/mol. The van der Waals surface area contributed by atoms with Crippen LogP contribution in [-0.4, -0.2) is 25.3 Å². The van der Waals surface area contributed by atoms with Gasteiger partial charge in [-0.3, -0.25) is 4.90 Å². The van der Waals surface area contributed by atoms with Crippen molar-refractivity contribution in [3.63, 3.8) is 0 Å². The topological polar surface area (TPSA) is 12.5 Å². The lowest BCUT2D eigenvalue weighted by atomic mass is 10.1. The first-order valence-electron chi connectivity index (χ1n) is 4.31. The summed E-state index contributed by atoms with van der Waals surface area (Å²) < 4.78 is 5.35. The molecule has 1 aromatic rings. The summed E-state index contributed by atoms with van der Waals surface area (Å²) in [5.74, 6) is 0. The van der Waals surface area contributed by atoms with Crippen molar-refractivity contribution < 1.29 is 4.74 Å². The fourth-order valence-electron chi connectivity index (χ4n) is 1.56. The van der Waals surface area contributed by atoms with Crippen LogP contribution in [-0.2, 0) is 4.74 Å². The van der Waals surface area contributed by atoms with Gasteiger partial charge in [-0.15, -0.1) is 0 Å². The van der Waals surface area contributed by atoms with Crippen molar-refractivity contribution in [3.8, 4) is 0 Å². The first-order chi connectivity index (χ1) is 6.27. The summed E-state index contributed by atoms with van der Waals surface area (Å²) in [5.41, 5.74) is 1.27. The summed E-state index contributed by atoms with van der Waals surface area (Å²) in [6.07, 6.45) is 0. The summed E-state index contributed by atoms with van der Waals surface area (Å²) in [4.78, 5) is 2.18. The quantitative estimate of drug-likeness (QED) is 0.685. The highest BCUT2D eigenvalue weighted by molar-refractivity contribution is 6.30. The van der Waals surface area contributed by atoms with Crippen LogP contribution in [0.4, 0.5) is 0 Å². The Morgan fingerprint density at radius 2 is 2.08 bits per heavy atom. The highest BCUT2D eigenvalue weighted by Crippen LogP contribution is 2.25. The molecule has 0 spiro atoms. The van der Waals surface area contributed by atoms with E-state index in [-0.39, 0.29) is 0 Å². The molecule has 3 heteroatoms. The van der Waals surface area contributed by atoms with Crippen molar-refractivity contribution >= 4 is 11.6 Å². The van der Waals surface area contributed by atoms with Crippen LogP contribution in [0.5, 0.6) is 0 Å². The average Bonchev–Trinajstić information content (AvgIpc) is 2.53. The monoisotopic (exact) mass is 197 g/mol. The van der Waals surface area contributed by atoms with Crippen molar-refractivity contribution in [1.82, 2.24) is 4.90 Å². The summed E-state index contributed by atoms with van der Waals surface area (Å²) in [6, 6.07) is 8.33. The van der Waals surface area contributed by atoms with E-state index in [2.05, 4.69) is 24.1 Å². The van der Waals surface area contributed by atoms with Crippen molar-refractivity contribution in [1.29, 1.82) is 0 Å². The smallest absolute Gasteiger partial charge is 0.0994 e. The SMILES string of the molecule is CN1COC[C@H]1c1ccc(Cl)cc1. The standard InChI is InChI=1S/C10H12ClNO/c1-12-7-13-6-10(12)8-2-4-9(11)5-3-8/h2-5,10H,6-7H2,1H3/t10-/m0/s1. The summed E-state index contributed by atoms with van der Waals surface area (Å²) >= 11 is 5.81. The van der Waals surface area contributed by atoms with Gasteiger partial charge in [-0.2, -0.15) is 0 Å². The molecule has 1 heterocycles. The van der Waals surface area contributed by atoms with Crippen LogP contribution < -0.4 is 0 Å². The first-order valence-corrected chi connectivity index (χ1v) is 4.68. The second-order valence-electron chi connectivity index (χ2n) is 3.32. The van der Waals surface area contributed by atoms with Crippen LogP contribution in [0.2, 0.25) is 5.02 Å². The molecule has 1 aliphatic heterocycles. The third kappa shape index (κ3) is 1.85. The maximum absolute atomic E-state index is 5.81. The molecule has 0 amide bonds. The number of nitrogens with zero attached hydrogens (tertiary/aromatic N) is 1. The average molecular weight is 198 g/mol. The molecule has 13 heavy (non-hydrogen) atoms. The minimum atomic E-state index is 0.386. The number of benzene rings is 1. The second-order valence-corrected chi connectivity index (χ2v) is 3.76. The molecule has 1 fully saturated rings. The van der Waals surface area contributed by atoms with Crippen LogP contribution in [0.15, 0.2) is 24.3 Å². The molecule has 2 nitrogen and oxygen atoms in total. The van der Waals surface area contributed by atoms with E-state index in [9.17, 15) is 0 Å². The van der Waals surface area contributed by atoms with Crippen LogP contribution in [0, 0.1) is 0 Å². The van der Waals surface area contributed by atoms with Crippen molar-refractivity contribution in [2.24, 2.45) is 0 Å². The van der Waals surface area contributed by atoms with E-state index in [0.29, 0.717) is 12.8 Å². The number of hydrogen-bond donors (Lipinski definition) is 0. The lowest BCUT2D eigenvalue weighted by Gasteiger charge is -2.16. The van der Waals surface area contributed by atoms with E-state index in [1.54, 1.807) is 0 Å². The van der Waals surface area contributed by atoms with Gasteiger partial charge in [0.1, 0.15) is 0 Å². The third-order valence-corrected chi connectivity index (χ3v) is 2.61. The first kappa shape index (κ1) is 9.00. The second kappa shape index (κ2) is 3.66. The number of ether oxygens (including phenoxy) is 1. The minimum Gasteiger partial charge on any atom is -0.364 e. The van der Waals surface area contributed by atoms with Gasteiger partial charge in [0.25, 0.3) is 0 Å². The van der Waals surface area contributed by atoms with Crippen LogP contribution in [0.1, 0.15) is 11.6 Å². The molecule has 1 aliphatic rings. The Bertz CT molecular complexity index is 285. The maximum Gasteiger partial charge on any atom is 0.0994 e. The minimum absolute atomic E-state index is 0.386. The molecule has 0 aliphatic carbocycles. The normalized spacial score (nSPS) is 23.7. The van der Waals surface area contributed by atoms with Gasteiger partial charge in [0.2, 0.25) is 0 Å². The van der Waals surface area contributed by atoms with Crippen LogP contribution >= 0.6 is 11.6 Å². The number of halogens is 1. The zero-order valence-electron chi connectivity index (χ0n) is 7.53. The zero-order valence-corrected chi connectivity index (χ0v) is 8.29. The molecule has 2 rings (SSSR count). The molecule has 1 atom stereocenters. The van der Waals surface area contributed by atoms with Gasteiger partial charge < -0.3 is 4.74 Å². The van der Waals surface area contributed by atoms with Gasteiger partial charge in [-0.1, -0.05) is 23.7 Å². The predicted octanol–water partition coefficient (Wildman–Crippen LogP) is 2.30. The predicted molar refractivity (Wildman–Crippen MR) is 52.8 cm³/mol. The van der Waals surface area contributed by atoms with Gasteiger partial charge in [0, 0.05) is 5.02 Å². The Labute approximate surface area is 83.1 Å². The fraction of sp³-hybridized carbons (Fsp3) is 0.400. The van der Waals surface area contributed by atoms with Gasteiger partial charge in [0.05, 0.1) is 19.4 Å². The molecule has 0 aromatic heterocycles. The number of rotatable bonds is 1. The number of likely N-dealkylation sites (N-methyl/N-ethyl adjacent to an activating group) is 1. The molecular formula is C10H12ClNO. The zero-order chi connectivity index (χ0) is 9.26. The lowest BCUT2D eigenvalue weighted by Crippen LogP contribution is -2.18. The van der Waals surface area contributed by atoms with E-state index in [1.807, 2.05) is 12.1 Å². The third-order valence-electron chi connectivity index (χ3n) is 2.36. The van der Waals surface area contributed by atoms with Crippen molar-refractivity contribution in [3.05, 3.63) is 34.9 Å². The molecule has 0 unspecified atom stereocenters. The highest BCUT2D eigenvalue weighted by Gasteiger charge is 2.22. The van der Waals surface area contributed by atoms with Crippen LogP contribution in [0.3, 0.4) is 0 Å². The fourth-order valence-corrected chi connectivity index (χ4v) is 1.69. The van der Waals surface area contributed by atoms with Crippen LogP contribution in [0.25, 0.3) is 0 Å². The number of hydrogen-bond acceptors (Lipinski definition) is 2. The van der Waals surface area contributed by atoms with Gasteiger partial charge in [-0.25, -0.2) is 0 Å². The Kier molecular flexibility index (Phi) is 2.54. The largest absolute Gasteiger partial charge is 0.364 e. The molecule has 0 bridgehead atoms. The molecule has 1 saturated heterocycles. The van der Waals surface area contributed by atoms with E-state index in [0.717, 1.165) is 11.6 Å². The Hall–Kier alpha value is -0.570. The highest BCUT2D eigenvalue weighted by atomic mass is 35.5. The molecule has 0 radical (unpaired) electrons. The molecule has 1 aromatic carbocycles. The Morgan fingerprint density at radius 1 is 1.38 bits per heavy atom. The maximum atomic E-state index is 5.81. The van der Waals surface area contributed by atoms with Crippen molar-refractivity contribution in [2.75, 3.05) is 20.4 Å². The Balaban J connectivity index is 2.20. The molecule has 70 valence electrons. The summed E-state index contributed by atoms with van der Waals surface area (Å²) in [5, 5.41) is 0.783. The molecule has 0 saturated carbocycles. The van der Waals surface area contributed by atoms with Crippen molar-refractivity contribution in [2.45, 2.75) is 6.04 Å². The lowest BCUT2D eigenvalue weighted by molar-refractivity contribution is 0.153. The van der Waals surface area contributed by atoms with Gasteiger partial charge in [-0.05, 0) is 24.7 Å². The van der Waals surface area contributed by atoms with E-state index in [4.69, 9.17) is 16.3 Å². The van der Waals surface area contributed by atoms with Gasteiger partial charge >= 0.3 is 0 Å².